The minimum absolute atomic E-state index is 0.00755. The van der Waals surface area contributed by atoms with Gasteiger partial charge in [-0.15, -0.1) is 22.7 Å². The molecule has 0 aliphatic carbocycles. The van der Waals surface area contributed by atoms with Crippen molar-refractivity contribution in [3.8, 4) is 0 Å². The van der Waals surface area contributed by atoms with Gasteiger partial charge in [-0.05, 0) is 129 Å². The van der Waals surface area contributed by atoms with Crippen molar-refractivity contribution in [2.75, 3.05) is 9.80 Å². The normalized spacial score (nSPS) is 12.4. The van der Waals surface area contributed by atoms with Crippen LogP contribution in [-0.4, -0.2) is 0 Å². The van der Waals surface area contributed by atoms with E-state index in [-0.39, 0.29) is 5.41 Å². The van der Waals surface area contributed by atoms with Gasteiger partial charge >= 0.3 is 0 Å². The highest BCUT2D eigenvalue weighted by atomic mass is 32.1. The molecular weight excluding hydrogens is 837 g/mol. The van der Waals surface area contributed by atoms with Crippen LogP contribution >= 0.6 is 22.7 Å². The topological polar surface area (TPSA) is 6.48 Å². The summed E-state index contributed by atoms with van der Waals surface area (Å²) < 4.78 is 5.22. The highest BCUT2D eigenvalue weighted by Crippen LogP contribution is 2.52. The predicted octanol–water partition coefficient (Wildman–Crippen LogP) is 19.8. The summed E-state index contributed by atoms with van der Waals surface area (Å²) in [5, 5.41) is 12.8. The number of nitrogens with zero attached hydrogens (tertiary/aromatic N) is 2. The summed E-state index contributed by atoms with van der Waals surface area (Å²) in [6, 6.07) is 67.4. The monoisotopic (exact) mass is 888 g/mol. The van der Waals surface area contributed by atoms with Crippen LogP contribution in [-0.2, 0) is 5.41 Å². The Hall–Kier alpha value is -6.72. The van der Waals surface area contributed by atoms with E-state index in [0.29, 0.717) is 11.8 Å². The zero-order valence-electron chi connectivity index (χ0n) is 38.6. The van der Waals surface area contributed by atoms with Gasteiger partial charge in [-0.3, -0.25) is 0 Å². The van der Waals surface area contributed by atoms with Crippen molar-refractivity contribution in [1.29, 1.82) is 0 Å². The standard InChI is InChI=1S/C62H52N2S2/c1-37(2)39-16-22-44(23-17-39)63(46-26-30-58-52(34-46)48-12-8-10-14-56(48)65-58)54-36-55(51-29-21-42-33-43(62(5,6)7)32-41-20-28-50(54)61(51)60(41)42)64(45-24-18-40(19-25-45)38(3)4)47-27-31-59-53(35-47)49-13-9-11-15-57(49)66-59/h8-38H,1-7H3. The molecule has 0 fully saturated rings. The van der Waals surface area contributed by atoms with Crippen LogP contribution in [0.4, 0.5) is 34.1 Å². The lowest BCUT2D eigenvalue weighted by Crippen LogP contribution is -2.15. The third-order valence-electron chi connectivity index (χ3n) is 13.9. The fourth-order valence-corrected chi connectivity index (χ4v) is 12.4. The molecule has 0 spiro atoms. The van der Waals surface area contributed by atoms with Crippen molar-refractivity contribution in [3.63, 3.8) is 0 Å². The minimum atomic E-state index is 0.00755. The quantitative estimate of drug-likeness (QED) is 0.140. The number of anilines is 6. The van der Waals surface area contributed by atoms with Crippen molar-refractivity contribution in [3.05, 3.63) is 193 Å². The van der Waals surface area contributed by atoms with Crippen LogP contribution in [0, 0.1) is 0 Å². The van der Waals surface area contributed by atoms with E-state index in [1.807, 2.05) is 22.7 Å². The maximum Gasteiger partial charge on any atom is 0.0561 e. The first-order valence-electron chi connectivity index (χ1n) is 23.4. The second-order valence-electron chi connectivity index (χ2n) is 19.8. The van der Waals surface area contributed by atoms with Gasteiger partial charge in [0.1, 0.15) is 0 Å². The molecule has 0 N–H and O–H groups in total. The fourth-order valence-electron chi connectivity index (χ4n) is 10.3. The van der Waals surface area contributed by atoms with Crippen LogP contribution in [0.25, 0.3) is 72.7 Å². The van der Waals surface area contributed by atoms with Crippen LogP contribution in [0.5, 0.6) is 0 Å². The Balaban J connectivity index is 1.21. The summed E-state index contributed by atoms with van der Waals surface area (Å²) >= 11 is 3.74. The molecular formula is C62H52N2S2. The molecule has 2 nitrogen and oxygen atoms in total. The van der Waals surface area contributed by atoms with Crippen molar-refractivity contribution >= 4 is 129 Å². The van der Waals surface area contributed by atoms with E-state index in [4.69, 9.17) is 0 Å². The second kappa shape index (κ2) is 15.4. The van der Waals surface area contributed by atoms with Crippen LogP contribution < -0.4 is 9.80 Å². The number of fused-ring (bicyclic) bond motifs is 6. The molecule has 66 heavy (non-hydrogen) atoms. The van der Waals surface area contributed by atoms with Crippen molar-refractivity contribution in [2.45, 2.75) is 65.7 Å². The van der Waals surface area contributed by atoms with Crippen LogP contribution in [0.3, 0.4) is 0 Å². The molecule has 4 heteroatoms. The number of hydrogen-bond donors (Lipinski definition) is 0. The molecule has 10 aromatic carbocycles. The number of benzene rings is 10. The van der Waals surface area contributed by atoms with Gasteiger partial charge in [0.15, 0.2) is 0 Å². The van der Waals surface area contributed by atoms with Gasteiger partial charge in [-0.25, -0.2) is 0 Å². The summed E-state index contributed by atoms with van der Waals surface area (Å²) in [5.41, 5.74) is 10.8. The molecule has 2 aromatic heterocycles. The smallest absolute Gasteiger partial charge is 0.0561 e. The van der Waals surface area contributed by atoms with E-state index in [9.17, 15) is 0 Å². The Kier molecular flexibility index (Phi) is 9.54. The molecule has 0 atom stereocenters. The largest absolute Gasteiger partial charge is 0.310 e. The molecule has 0 saturated carbocycles. The first kappa shape index (κ1) is 40.8. The van der Waals surface area contributed by atoms with E-state index >= 15 is 0 Å². The maximum atomic E-state index is 2.53. The SMILES string of the molecule is CC(C)c1ccc(N(c2ccc3sc4ccccc4c3c2)c2cc(N(c3ccc(C(C)C)cc3)c3ccc4sc5ccccc5c4c3)c3ccc4cc(C(C)(C)C)cc5ccc2c3c54)cc1. The van der Waals surface area contributed by atoms with E-state index in [0.717, 1.165) is 34.1 Å². The molecule has 12 rings (SSSR count). The van der Waals surface area contributed by atoms with Gasteiger partial charge in [0.2, 0.25) is 0 Å². The summed E-state index contributed by atoms with van der Waals surface area (Å²) in [4.78, 5) is 5.06. The number of hydrogen-bond acceptors (Lipinski definition) is 4. The Bertz CT molecular complexity index is 3570. The summed E-state index contributed by atoms with van der Waals surface area (Å²) in [7, 11) is 0. The average Bonchev–Trinajstić information content (AvgIpc) is 3.89. The molecule has 0 amide bonds. The Morgan fingerprint density at radius 2 is 0.773 bits per heavy atom. The Morgan fingerprint density at radius 1 is 0.364 bits per heavy atom. The van der Waals surface area contributed by atoms with E-state index < -0.39 is 0 Å². The highest BCUT2D eigenvalue weighted by molar-refractivity contribution is 7.26. The maximum absolute atomic E-state index is 2.53. The Labute approximate surface area is 395 Å². The summed E-state index contributed by atoms with van der Waals surface area (Å²) in [6.07, 6.45) is 0. The lowest BCUT2D eigenvalue weighted by molar-refractivity contribution is 0.591. The number of thiophene rings is 2. The molecule has 0 aliphatic heterocycles. The summed E-state index contributed by atoms with van der Waals surface area (Å²) in [6.45, 7) is 16.1. The van der Waals surface area contributed by atoms with Crippen molar-refractivity contribution in [2.24, 2.45) is 0 Å². The van der Waals surface area contributed by atoms with Gasteiger partial charge < -0.3 is 9.80 Å². The van der Waals surface area contributed by atoms with Gasteiger partial charge in [-0.2, -0.15) is 0 Å². The molecule has 12 aromatic rings. The average molecular weight is 889 g/mol. The third kappa shape index (κ3) is 6.64. The first-order chi connectivity index (χ1) is 32.0. The molecule has 0 unspecified atom stereocenters. The van der Waals surface area contributed by atoms with Crippen LogP contribution in [0.15, 0.2) is 176 Å². The second-order valence-corrected chi connectivity index (χ2v) is 22.0. The third-order valence-corrected chi connectivity index (χ3v) is 16.2. The van der Waals surface area contributed by atoms with E-state index in [1.165, 1.54) is 89.4 Å². The van der Waals surface area contributed by atoms with Gasteiger partial charge in [0.25, 0.3) is 0 Å². The van der Waals surface area contributed by atoms with Crippen molar-refractivity contribution in [1.82, 2.24) is 0 Å². The van der Waals surface area contributed by atoms with Crippen molar-refractivity contribution < 1.29 is 0 Å². The van der Waals surface area contributed by atoms with Gasteiger partial charge in [-0.1, -0.05) is 146 Å². The zero-order valence-corrected chi connectivity index (χ0v) is 40.2. The molecule has 0 aliphatic rings. The number of rotatable bonds is 8. The van der Waals surface area contributed by atoms with E-state index in [2.05, 4.69) is 234 Å². The van der Waals surface area contributed by atoms with Gasteiger partial charge in [0.05, 0.1) is 11.4 Å². The van der Waals surface area contributed by atoms with Crippen LogP contribution in [0.1, 0.15) is 77.0 Å². The zero-order chi connectivity index (χ0) is 45.0. The van der Waals surface area contributed by atoms with E-state index in [1.54, 1.807) is 0 Å². The summed E-state index contributed by atoms with van der Waals surface area (Å²) in [5.74, 6) is 0.849. The molecule has 0 saturated heterocycles. The first-order valence-corrected chi connectivity index (χ1v) is 25.0. The molecule has 0 bridgehead atoms. The molecule has 0 radical (unpaired) electrons. The lowest BCUT2D eigenvalue weighted by atomic mass is 9.83. The minimum Gasteiger partial charge on any atom is -0.310 e. The molecule has 322 valence electrons. The lowest BCUT2D eigenvalue weighted by Gasteiger charge is -2.33. The fraction of sp³-hybridized carbons (Fsp3) is 0.161. The van der Waals surface area contributed by atoms with Crippen LogP contribution in [0.2, 0.25) is 0 Å². The molecule has 2 heterocycles. The Morgan fingerprint density at radius 3 is 1.20 bits per heavy atom. The predicted molar refractivity (Wildman–Crippen MR) is 292 cm³/mol. The highest BCUT2D eigenvalue weighted by Gasteiger charge is 2.27. The van der Waals surface area contributed by atoms with Gasteiger partial charge in [0, 0.05) is 79.3 Å².